The average molecular weight is 254 g/mol. The first kappa shape index (κ1) is 12.2. The third-order valence-electron chi connectivity index (χ3n) is 3.73. The van der Waals surface area contributed by atoms with Gasteiger partial charge in [0.15, 0.2) is 0 Å². The van der Waals surface area contributed by atoms with Gasteiger partial charge < -0.3 is 4.57 Å². The molecule has 1 aromatic carbocycles. The van der Waals surface area contributed by atoms with Gasteiger partial charge in [-0.15, -0.1) is 0 Å². The Morgan fingerprint density at radius 1 is 1.47 bits per heavy atom. The Balaban J connectivity index is 1.72. The summed E-state index contributed by atoms with van der Waals surface area (Å²) in [5.41, 5.74) is 1.71. The van der Waals surface area contributed by atoms with E-state index in [9.17, 15) is 5.26 Å². The molecule has 1 heterocycles. The lowest BCUT2D eigenvalue weighted by Crippen LogP contribution is -2.43. The van der Waals surface area contributed by atoms with Gasteiger partial charge >= 0.3 is 0 Å². The molecular weight excluding hydrogens is 236 g/mol. The number of nitrogens with one attached hydrogen (secondary N) is 1. The van der Waals surface area contributed by atoms with Crippen LogP contribution in [-0.2, 0) is 6.54 Å². The van der Waals surface area contributed by atoms with Crippen molar-refractivity contribution < 1.29 is 0 Å². The molecule has 4 heteroatoms. The molecule has 3 rings (SSSR count). The molecule has 2 aromatic rings. The summed E-state index contributed by atoms with van der Waals surface area (Å²) in [5.74, 6) is 0. The van der Waals surface area contributed by atoms with Crippen LogP contribution in [0.25, 0.3) is 11.0 Å². The lowest BCUT2D eigenvalue weighted by molar-refractivity contribution is 0.391. The van der Waals surface area contributed by atoms with Crippen molar-refractivity contribution in [3.05, 3.63) is 30.6 Å². The smallest absolute Gasteiger partial charge is 0.105 e. The van der Waals surface area contributed by atoms with E-state index < -0.39 is 5.54 Å². The summed E-state index contributed by atoms with van der Waals surface area (Å²) in [4.78, 5) is 4.38. The minimum atomic E-state index is -0.438. The zero-order chi connectivity index (χ0) is 13.3. The number of benzene rings is 1. The minimum Gasteiger partial charge on any atom is -0.330 e. The van der Waals surface area contributed by atoms with Gasteiger partial charge in [-0.1, -0.05) is 12.1 Å². The monoisotopic (exact) mass is 254 g/mol. The number of hydrogen-bond acceptors (Lipinski definition) is 3. The zero-order valence-corrected chi connectivity index (χ0v) is 11.1. The molecule has 4 nitrogen and oxygen atoms in total. The Morgan fingerprint density at radius 2 is 2.26 bits per heavy atom. The molecule has 1 fully saturated rings. The number of fused-ring (bicyclic) bond motifs is 1. The van der Waals surface area contributed by atoms with Gasteiger partial charge in [0.05, 0.1) is 23.4 Å². The Morgan fingerprint density at radius 3 is 3.00 bits per heavy atom. The molecule has 0 amide bonds. The highest BCUT2D eigenvalue weighted by atomic mass is 15.1. The molecular formula is C15H18N4. The number of hydrogen-bond donors (Lipinski definition) is 1. The quantitative estimate of drug-likeness (QED) is 0.891. The maximum Gasteiger partial charge on any atom is 0.105 e. The summed E-state index contributed by atoms with van der Waals surface area (Å²) in [6.07, 6.45) is 5.05. The summed E-state index contributed by atoms with van der Waals surface area (Å²) in [5, 5.41) is 12.8. The SMILES string of the molecule is CC(C#N)(CCn1cnc2ccccc21)NC1CC1. The van der Waals surface area contributed by atoms with Gasteiger partial charge in [-0.2, -0.15) is 5.26 Å². The Labute approximate surface area is 113 Å². The molecule has 0 spiro atoms. The summed E-state index contributed by atoms with van der Waals surface area (Å²) in [6, 6.07) is 11.1. The van der Waals surface area contributed by atoms with Gasteiger partial charge in [-0.25, -0.2) is 4.98 Å². The van der Waals surface area contributed by atoms with Crippen molar-refractivity contribution in [2.45, 2.75) is 44.3 Å². The maximum absolute atomic E-state index is 9.37. The lowest BCUT2D eigenvalue weighted by Gasteiger charge is -2.23. The van der Waals surface area contributed by atoms with Crippen molar-refractivity contribution in [2.24, 2.45) is 0 Å². The van der Waals surface area contributed by atoms with Crippen LogP contribution in [0.1, 0.15) is 26.2 Å². The highest BCUT2D eigenvalue weighted by Crippen LogP contribution is 2.24. The number of aryl methyl sites for hydroxylation is 1. The summed E-state index contributed by atoms with van der Waals surface area (Å²) < 4.78 is 2.12. The topological polar surface area (TPSA) is 53.6 Å². The molecule has 1 saturated carbocycles. The van der Waals surface area contributed by atoms with E-state index >= 15 is 0 Å². The van der Waals surface area contributed by atoms with Gasteiger partial charge in [0.1, 0.15) is 5.54 Å². The molecule has 1 aliphatic rings. The Hall–Kier alpha value is -1.86. The first-order chi connectivity index (χ1) is 9.20. The van der Waals surface area contributed by atoms with E-state index in [2.05, 4.69) is 27.0 Å². The number of imidazole rings is 1. The molecule has 0 radical (unpaired) electrons. The predicted molar refractivity (Wildman–Crippen MR) is 74.5 cm³/mol. The second-order valence-corrected chi connectivity index (χ2v) is 5.54. The fourth-order valence-electron chi connectivity index (χ4n) is 2.37. The van der Waals surface area contributed by atoms with Crippen LogP contribution in [0.3, 0.4) is 0 Å². The molecule has 0 aliphatic heterocycles. The van der Waals surface area contributed by atoms with Gasteiger partial charge in [-0.3, -0.25) is 5.32 Å². The first-order valence-electron chi connectivity index (χ1n) is 6.79. The van der Waals surface area contributed by atoms with Crippen molar-refractivity contribution in [1.82, 2.24) is 14.9 Å². The average Bonchev–Trinajstić information content (AvgIpc) is 3.14. The van der Waals surface area contributed by atoms with Gasteiger partial charge in [-0.05, 0) is 38.3 Å². The second-order valence-electron chi connectivity index (χ2n) is 5.54. The number of nitrogens with zero attached hydrogens (tertiary/aromatic N) is 3. The third kappa shape index (κ3) is 2.61. The summed E-state index contributed by atoms with van der Waals surface area (Å²) >= 11 is 0. The molecule has 19 heavy (non-hydrogen) atoms. The van der Waals surface area contributed by atoms with Crippen LogP contribution in [0, 0.1) is 11.3 Å². The molecule has 1 atom stereocenters. The van der Waals surface area contributed by atoms with Crippen molar-refractivity contribution in [2.75, 3.05) is 0 Å². The van der Waals surface area contributed by atoms with E-state index in [4.69, 9.17) is 0 Å². The zero-order valence-electron chi connectivity index (χ0n) is 11.1. The fourth-order valence-corrected chi connectivity index (χ4v) is 2.37. The third-order valence-corrected chi connectivity index (χ3v) is 3.73. The largest absolute Gasteiger partial charge is 0.330 e. The van der Waals surface area contributed by atoms with Crippen LogP contribution >= 0.6 is 0 Å². The van der Waals surface area contributed by atoms with Crippen LogP contribution < -0.4 is 5.32 Å². The van der Waals surface area contributed by atoms with Crippen LogP contribution in [-0.4, -0.2) is 21.1 Å². The normalized spacial score (nSPS) is 18.1. The maximum atomic E-state index is 9.37. The molecule has 1 aromatic heterocycles. The highest BCUT2D eigenvalue weighted by Gasteiger charge is 2.32. The Kier molecular flexibility index (Phi) is 3.00. The first-order valence-corrected chi connectivity index (χ1v) is 6.79. The predicted octanol–water partition coefficient (Wildman–Crippen LogP) is 2.46. The van der Waals surface area contributed by atoms with E-state index in [-0.39, 0.29) is 0 Å². The van der Waals surface area contributed by atoms with Gasteiger partial charge in [0.25, 0.3) is 0 Å². The number of para-hydroxylation sites is 2. The van der Waals surface area contributed by atoms with Crippen LogP contribution in [0.5, 0.6) is 0 Å². The van der Waals surface area contributed by atoms with Crippen molar-refractivity contribution in [3.63, 3.8) is 0 Å². The molecule has 0 bridgehead atoms. The highest BCUT2D eigenvalue weighted by molar-refractivity contribution is 5.74. The van der Waals surface area contributed by atoms with Crippen molar-refractivity contribution in [3.8, 4) is 6.07 Å². The van der Waals surface area contributed by atoms with Crippen molar-refractivity contribution >= 4 is 11.0 Å². The van der Waals surface area contributed by atoms with E-state index in [1.807, 2.05) is 31.5 Å². The number of rotatable bonds is 5. The van der Waals surface area contributed by atoms with Crippen LogP contribution in [0.15, 0.2) is 30.6 Å². The van der Waals surface area contributed by atoms with Crippen LogP contribution in [0.4, 0.5) is 0 Å². The van der Waals surface area contributed by atoms with E-state index in [0.29, 0.717) is 6.04 Å². The fraction of sp³-hybridized carbons (Fsp3) is 0.467. The molecule has 1 aliphatic carbocycles. The van der Waals surface area contributed by atoms with E-state index in [0.717, 1.165) is 24.0 Å². The van der Waals surface area contributed by atoms with E-state index in [1.165, 1.54) is 12.8 Å². The van der Waals surface area contributed by atoms with Gasteiger partial charge in [0, 0.05) is 12.6 Å². The van der Waals surface area contributed by atoms with Gasteiger partial charge in [0.2, 0.25) is 0 Å². The molecule has 98 valence electrons. The van der Waals surface area contributed by atoms with E-state index in [1.54, 1.807) is 0 Å². The summed E-state index contributed by atoms with van der Waals surface area (Å²) in [7, 11) is 0. The van der Waals surface area contributed by atoms with Crippen molar-refractivity contribution in [1.29, 1.82) is 5.26 Å². The Bertz CT molecular complexity index is 620. The molecule has 1 unspecified atom stereocenters. The molecule has 0 saturated heterocycles. The summed E-state index contributed by atoms with van der Waals surface area (Å²) in [6.45, 7) is 2.80. The number of aromatic nitrogens is 2. The standard InChI is InChI=1S/C15H18N4/c1-15(10-16,18-12-6-7-12)8-9-19-11-17-13-4-2-3-5-14(13)19/h2-5,11-12,18H,6-9H2,1H3. The number of nitriles is 1. The molecule has 1 N–H and O–H groups in total. The van der Waals surface area contributed by atoms with Crippen LogP contribution in [0.2, 0.25) is 0 Å². The second kappa shape index (κ2) is 4.67. The lowest BCUT2D eigenvalue weighted by atomic mass is 9.99. The minimum absolute atomic E-state index is 0.438.